The quantitative estimate of drug-likeness (QED) is 0.832. The normalized spacial score (nSPS) is 25.4. The van der Waals surface area contributed by atoms with Crippen LogP contribution in [0, 0.1) is 12.7 Å². The molecule has 88 valence electrons. The molecule has 1 aromatic carbocycles. The number of nitrogens with two attached hydrogens (primary N) is 1. The van der Waals surface area contributed by atoms with Crippen LogP contribution in [0.4, 0.5) is 4.39 Å². The first-order valence-electron chi connectivity index (χ1n) is 5.43. The van der Waals surface area contributed by atoms with Crippen molar-refractivity contribution in [1.29, 1.82) is 0 Å². The fourth-order valence-corrected chi connectivity index (χ4v) is 1.67. The molecule has 2 unspecified atom stereocenters. The van der Waals surface area contributed by atoms with Gasteiger partial charge in [-0.05, 0) is 25.0 Å². The lowest BCUT2D eigenvalue weighted by Crippen LogP contribution is -2.46. The van der Waals surface area contributed by atoms with Crippen molar-refractivity contribution < 1.29 is 13.9 Å². The zero-order chi connectivity index (χ0) is 11.5. The Morgan fingerprint density at radius 2 is 2.31 bits per heavy atom. The van der Waals surface area contributed by atoms with Crippen molar-refractivity contribution in [2.45, 2.75) is 25.5 Å². The maximum atomic E-state index is 13.3. The van der Waals surface area contributed by atoms with Crippen LogP contribution in [0.2, 0.25) is 0 Å². The van der Waals surface area contributed by atoms with Gasteiger partial charge in [-0.1, -0.05) is 6.07 Å². The van der Waals surface area contributed by atoms with Crippen molar-refractivity contribution in [2.24, 2.45) is 5.73 Å². The van der Waals surface area contributed by atoms with Crippen LogP contribution in [-0.2, 0) is 4.74 Å². The molecule has 0 aliphatic carbocycles. The van der Waals surface area contributed by atoms with Crippen LogP contribution < -0.4 is 10.5 Å². The minimum Gasteiger partial charge on any atom is -0.486 e. The molecule has 16 heavy (non-hydrogen) atoms. The van der Waals surface area contributed by atoms with Crippen molar-refractivity contribution in [1.82, 2.24) is 0 Å². The summed E-state index contributed by atoms with van der Waals surface area (Å²) in [6, 6.07) is 4.79. The molecule has 0 spiro atoms. The molecule has 1 aliphatic rings. The van der Waals surface area contributed by atoms with Gasteiger partial charge in [-0.25, -0.2) is 4.39 Å². The molecule has 1 heterocycles. The number of hydrogen-bond acceptors (Lipinski definition) is 3. The average Bonchev–Trinajstić information content (AvgIpc) is 2.27. The van der Waals surface area contributed by atoms with Gasteiger partial charge in [0.05, 0.1) is 6.61 Å². The second kappa shape index (κ2) is 4.80. The third-order valence-corrected chi connectivity index (χ3v) is 2.79. The Labute approximate surface area is 94.3 Å². The maximum Gasteiger partial charge on any atom is 0.137 e. The lowest BCUT2D eigenvalue weighted by atomic mass is 10.1. The number of ether oxygens (including phenoxy) is 2. The van der Waals surface area contributed by atoms with Gasteiger partial charge < -0.3 is 15.2 Å². The molecular weight excluding hydrogens is 209 g/mol. The first-order chi connectivity index (χ1) is 7.66. The molecule has 0 bridgehead atoms. The van der Waals surface area contributed by atoms with E-state index in [2.05, 4.69) is 0 Å². The van der Waals surface area contributed by atoms with Gasteiger partial charge in [0.15, 0.2) is 0 Å². The van der Waals surface area contributed by atoms with Crippen LogP contribution >= 0.6 is 0 Å². The lowest BCUT2D eigenvalue weighted by Gasteiger charge is -2.29. The van der Waals surface area contributed by atoms with Crippen LogP contribution in [0.15, 0.2) is 18.2 Å². The minimum atomic E-state index is -0.261. The van der Waals surface area contributed by atoms with Crippen LogP contribution in [-0.4, -0.2) is 25.4 Å². The minimum absolute atomic E-state index is 0.0434. The summed E-state index contributed by atoms with van der Waals surface area (Å²) in [5.41, 5.74) is 6.50. The predicted molar refractivity (Wildman–Crippen MR) is 59.0 cm³/mol. The van der Waals surface area contributed by atoms with E-state index in [0.717, 1.165) is 6.42 Å². The summed E-state index contributed by atoms with van der Waals surface area (Å²) < 4.78 is 24.2. The van der Waals surface area contributed by atoms with Crippen molar-refractivity contribution in [3.63, 3.8) is 0 Å². The van der Waals surface area contributed by atoms with E-state index in [1.54, 1.807) is 19.1 Å². The van der Waals surface area contributed by atoms with E-state index in [-0.39, 0.29) is 18.0 Å². The fourth-order valence-electron chi connectivity index (χ4n) is 1.67. The lowest BCUT2D eigenvalue weighted by molar-refractivity contribution is -0.00543. The Balaban J connectivity index is 2.05. The summed E-state index contributed by atoms with van der Waals surface area (Å²) in [6.45, 7) is 2.86. The highest BCUT2D eigenvalue weighted by Crippen LogP contribution is 2.19. The predicted octanol–water partition coefficient (Wildman–Crippen LogP) is 1.63. The molecule has 2 rings (SSSR count). The molecule has 0 radical (unpaired) electrons. The Kier molecular flexibility index (Phi) is 3.41. The largest absolute Gasteiger partial charge is 0.486 e. The van der Waals surface area contributed by atoms with Gasteiger partial charge in [-0.15, -0.1) is 0 Å². The van der Waals surface area contributed by atoms with Crippen LogP contribution in [0.25, 0.3) is 0 Å². The van der Waals surface area contributed by atoms with Gasteiger partial charge >= 0.3 is 0 Å². The number of halogens is 1. The number of hydrogen-bond donors (Lipinski definition) is 1. The van der Waals surface area contributed by atoms with Gasteiger partial charge in [0.2, 0.25) is 0 Å². The Bertz CT molecular complexity index is 370. The molecule has 1 aliphatic heterocycles. The average molecular weight is 225 g/mol. The number of benzene rings is 1. The van der Waals surface area contributed by atoms with Crippen LogP contribution in [0.3, 0.4) is 0 Å². The van der Waals surface area contributed by atoms with Crippen molar-refractivity contribution in [3.05, 3.63) is 29.6 Å². The highest BCUT2D eigenvalue weighted by Gasteiger charge is 2.24. The fraction of sp³-hybridized carbons (Fsp3) is 0.500. The zero-order valence-corrected chi connectivity index (χ0v) is 9.28. The first-order valence-corrected chi connectivity index (χ1v) is 5.43. The van der Waals surface area contributed by atoms with Gasteiger partial charge in [0.1, 0.15) is 17.7 Å². The monoisotopic (exact) mass is 225 g/mol. The summed E-state index contributed by atoms with van der Waals surface area (Å²) in [6.07, 6.45) is 0.592. The Morgan fingerprint density at radius 3 is 3.00 bits per heavy atom. The van der Waals surface area contributed by atoms with Crippen molar-refractivity contribution in [3.8, 4) is 5.75 Å². The molecule has 1 fully saturated rings. The molecule has 0 saturated carbocycles. The van der Waals surface area contributed by atoms with E-state index in [9.17, 15) is 4.39 Å². The van der Waals surface area contributed by atoms with E-state index in [1.807, 2.05) is 0 Å². The summed E-state index contributed by atoms with van der Waals surface area (Å²) >= 11 is 0. The van der Waals surface area contributed by atoms with Crippen LogP contribution in [0.1, 0.15) is 12.0 Å². The molecule has 3 nitrogen and oxygen atoms in total. The zero-order valence-electron chi connectivity index (χ0n) is 9.28. The summed E-state index contributed by atoms with van der Waals surface area (Å²) in [4.78, 5) is 0. The van der Waals surface area contributed by atoms with Crippen molar-refractivity contribution in [2.75, 3.05) is 13.2 Å². The van der Waals surface area contributed by atoms with E-state index in [4.69, 9.17) is 15.2 Å². The van der Waals surface area contributed by atoms with E-state index in [1.165, 1.54) is 6.07 Å². The topological polar surface area (TPSA) is 44.5 Å². The Morgan fingerprint density at radius 1 is 1.50 bits per heavy atom. The maximum absolute atomic E-state index is 13.3. The highest BCUT2D eigenvalue weighted by molar-refractivity contribution is 5.28. The first kappa shape index (κ1) is 11.4. The standard InChI is InChI=1S/C12H16FNO2/c1-8-2-3-9(6-10(8)13)16-12-7-15-5-4-11(12)14/h2-3,6,11-12H,4-5,7,14H2,1H3. The summed E-state index contributed by atoms with van der Waals surface area (Å²) in [5, 5.41) is 0. The van der Waals surface area contributed by atoms with Gasteiger partial charge in [-0.2, -0.15) is 0 Å². The second-order valence-corrected chi connectivity index (χ2v) is 4.09. The smallest absolute Gasteiger partial charge is 0.137 e. The molecule has 2 atom stereocenters. The second-order valence-electron chi connectivity index (χ2n) is 4.09. The van der Waals surface area contributed by atoms with Crippen LogP contribution in [0.5, 0.6) is 5.75 Å². The Hall–Kier alpha value is -1.13. The molecular formula is C12H16FNO2. The summed E-state index contributed by atoms with van der Waals surface area (Å²) in [7, 11) is 0. The van der Waals surface area contributed by atoms with Gasteiger partial charge in [0, 0.05) is 18.7 Å². The van der Waals surface area contributed by atoms with E-state index >= 15 is 0 Å². The van der Waals surface area contributed by atoms with Gasteiger partial charge in [0.25, 0.3) is 0 Å². The number of rotatable bonds is 2. The third-order valence-electron chi connectivity index (χ3n) is 2.79. The number of aryl methyl sites for hydroxylation is 1. The molecule has 1 aromatic rings. The van der Waals surface area contributed by atoms with Crippen molar-refractivity contribution >= 4 is 0 Å². The third kappa shape index (κ3) is 2.51. The molecule has 1 saturated heterocycles. The SMILES string of the molecule is Cc1ccc(OC2COCCC2N)cc1F. The van der Waals surface area contributed by atoms with E-state index < -0.39 is 0 Å². The summed E-state index contributed by atoms with van der Waals surface area (Å²) in [5.74, 6) is 0.247. The molecule has 4 heteroatoms. The molecule has 0 amide bonds. The highest BCUT2D eigenvalue weighted by atomic mass is 19.1. The molecule has 2 N–H and O–H groups in total. The molecule has 0 aromatic heterocycles. The van der Waals surface area contributed by atoms with E-state index in [0.29, 0.717) is 24.5 Å². The van der Waals surface area contributed by atoms with Gasteiger partial charge in [-0.3, -0.25) is 0 Å².